The molecule has 15 heavy (non-hydrogen) atoms. The van der Waals surface area contributed by atoms with Crippen LogP contribution in [0.2, 0.25) is 0 Å². The maximum Gasteiger partial charge on any atom is 0.320 e. The van der Waals surface area contributed by atoms with Crippen molar-refractivity contribution in [3.8, 4) is 0 Å². The highest BCUT2D eigenvalue weighted by atomic mass is 16.4. The Morgan fingerprint density at radius 2 is 2.27 bits per heavy atom. The lowest BCUT2D eigenvalue weighted by Gasteiger charge is -2.17. The lowest BCUT2D eigenvalue weighted by molar-refractivity contribution is -0.136. The first-order valence-corrected chi connectivity index (χ1v) is 4.16. The average Bonchev–Trinajstić information content (AvgIpc) is 2.18. The van der Waals surface area contributed by atoms with Crippen LogP contribution in [0.4, 0.5) is 10.6 Å². The van der Waals surface area contributed by atoms with E-state index in [0.717, 1.165) is 4.90 Å². The van der Waals surface area contributed by atoms with Crippen molar-refractivity contribution in [3.63, 3.8) is 0 Å². The highest BCUT2D eigenvalue weighted by Crippen LogP contribution is 2.08. The van der Waals surface area contributed by atoms with Crippen LogP contribution in [0.15, 0.2) is 18.6 Å². The van der Waals surface area contributed by atoms with Crippen LogP contribution in [-0.2, 0) is 4.79 Å². The summed E-state index contributed by atoms with van der Waals surface area (Å²) >= 11 is 0. The monoisotopic (exact) mass is 210 g/mol. The van der Waals surface area contributed by atoms with E-state index in [0.29, 0.717) is 5.82 Å². The Morgan fingerprint density at radius 1 is 1.53 bits per heavy atom. The third kappa shape index (κ3) is 3.22. The number of rotatable bonds is 4. The molecule has 0 aliphatic heterocycles. The number of nitrogens with two attached hydrogens (primary N) is 1. The van der Waals surface area contributed by atoms with Gasteiger partial charge in [0.15, 0.2) is 0 Å². The van der Waals surface area contributed by atoms with Gasteiger partial charge in [-0.25, -0.2) is 14.8 Å². The van der Waals surface area contributed by atoms with Crippen molar-refractivity contribution in [2.75, 3.05) is 11.4 Å². The molecule has 0 aliphatic rings. The maximum atomic E-state index is 11.0. The number of hydrogen-bond donors (Lipinski definition) is 2. The molecule has 1 aromatic rings. The number of carboxylic acid groups (broad SMARTS) is 1. The van der Waals surface area contributed by atoms with E-state index in [1.165, 1.54) is 18.6 Å². The fourth-order valence-corrected chi connectivity index (χ4v) is 0.988. The van der Waals surface area contributed by atoms with Crippen LogP contribution in [0, 0.1) is 0 Å². The number of nitrogens with zero attached hydrogens (tertiary/aromatic N) is 3. The first kappa shape index (κ1) is 10.9. The maximum absolute atomic E-state index is 11.0. The first-order chi connectivity index (χ1) is 7.11. The van der Waals surface area contributed by atoms with Crippen LogP contribution in [0.3, 0.4) is 0 Å². The normalized spacial score (nSPS) is 9.60. The number of amides is 2. The predicted octanol–water partition coefficient (Wildman–Crippen LogP) is -0.164. The largest absolute Gasteiger partial charge is 0.481 e. The van der Waals surface area contributed by atoms with Gasteiger partial charge >= 0.3 is 12.0 Å². The Balaban J connectivity index is 2.75. The SMILES string of the molecule is NC(=O)N(CCC(=O)O)c1ccncn1. The van der Waals surface area contributed by atoms with Gasteiger partial charge in [-0.15, -0.1) is 0 Å². The zero-order chi connectivity index (χ0) is 11.3. The van der Waals surface area contributed by atoms with Crippen LogP contribution in [-0.4, -0.2) is 33.6 Å². The average molecular weight is 210 g/mol. The number of aliphatic carboxylic acids is 1. The van der Waals surface area contributed by atoms with Crippen LogP contribution >= 0.6 is 0 Å². The summed E-state index contributed by atoms with van der Waals surface area (Å²) in [4.78, 5) is 29.9. The van der Waals surface area contributed by atoms with Gasteiger partial charge in [0.05, 0.1) is 6.42 Å². The summed E-state index contributed by atoms with van der Waals surface area (Å²) in [7, 11) is 0. The quantitative estimate of drug-likeness (QED) is 0.717. The minimum absolute atomic E-state index is 0.0122. The molecule has 7 heteroatoms. The second kappa shape index (κ2) is 4.89. The molecule has 0 atom stereocenters. The summed E-state index contributed by atoms with van der Waals surface area (Å²) in [5.41, 5.74) is 5.09. The summed E-state index contributed by atoms with van der Waals surface area (Å²) in [6.45, 7) is -0.0122. The third-order valence-corrected chi connectivity index (χ3v) is 1.66. The molecule has 0 saturated heterocycles. The zero-order valence-corrected chi connectivity index (χ0v) is 7.83. The van der Waals surface area contributed by atoms with Crippen molar-refractivity contribution in [2.45, 2.75) is 6.42 Å². The summed E-state index contributed by atoms with van der Waals surface area (Å²) in [6, 6.07) is 0.738. The fourth-order valence-electron chi connectivity index (χ4n) is 0.988. The van der Waals surface area contributed by atoms with Gasteiger partial charge in [0, 0.05) is 12.7 Å². The number of urea groups is 1. The number of hydrogen-bond acceptors (Lipinski definition) is 4. The fraction of sp³-hybridized carbons (Fsp3) is 0.250. The van der Waals surface area contributed by atoms with E-state index in [1.807, 2.05) is 0 Å². The van der Waals surface area contributed by atoms with Gasteiger partial charge in [0.2, 0.25) is 0 Å². The second-order valence-corrected chi connectivity index (χ2v) is 2.70. The Bertz CT molecular complexity index is 354. The van der Waals surface area contributed by atoms with E-state index in [9.17, 15) is 9.59 Å². The van der Waals surface area contributed by atoms with E-state index < -0.39 is 12.0 Å². The molecule has 1 heterocycles. The number of anilines is 1. The lowest BCUT2D eigenvalue weighted by Crippen LogP contribution is -2.37. The summed E-state index contributed by atoms with van der Waals surface area (Å²) in [5.74, 6) is -0.714. The molecule has 0 aliphatic carbocycles. The van der Waals surface area contributed by atoms with Crippen LogP contribution < -0.4 is 10.6 Å². The molecule has 0 aromatic carbocycles. The van der Waals surface area contributed by atoms with Crippen LogP contribution in [0.1, 0.15) is 6.42 Å². The molecule has 0 radical (unpaired) electrons. The second-order valence-electron chi connectivity index (χ2n) is 2.70. The molecule has 0 fully saturated rings. The van der Waals surface area contributed by atoms with Gasteiger partial charge in [-0.1, -0.05) is 0 Å². The Labute approximate surface area is 85.5 Å². The molecule has 2 amide bonds. The van der Waals surface area contributed by atoms with Crippen LogP contribution in [0.25, 0.3) is 0 Å². The van der Waals surface area contributed by atoms with E-state index in [-0.39, 0.29) is 13.0 Å². The minimum atomic E-state index is -1.00. The van der Waals surface area contributed by atoms with E-state index in [4.69, 9.17) is 10.8 Å². The lowest BCUT2D eigenvalue weighted by atomic mass is 10.4. The summed E-state index contributed by atoms with van der Waals surface area (Å²) in [6.07, 6.45) is 2.51. The highest BCUT2D eigenvalue weighted by molar-refractivity contribution is 5.90. The van der Waals surface area contributed by atoms with Crippen molar-refractivity contribution in [2.24, 2.45) is 5.73 Å². The molecule has 0 saturated carbocycles. The van der Waals surface area contributed by atoms with Crippen molar-refractivity contribution in [1.82, 2.24) is 9.97 Å². The van der Waals surface area contributed by atoms with Gasteiger partial charge in [-0.05, 0) is 6.07 Å². The molecule has 80 valence electrons. The number of aromatic nitrogens is 2. The van der Waals surface area contributed by atoms with Crippen molar-refractivity contribution in [1.29, 1.82) is 0 Å². The van der Waals surface area contributed by atoms with Gasteiger partial charge in [0.1, 0.15) is 12.1 Å². The van der Waals surface area contributed by atoms with Crippen LogP contribution in [0.5, 0.6) is 0 Å². The zero-order valence-electron chi connectivity index (χ0n) is 7.83. The van der Waals surface area contributed by atoms with Gasteiger partial charge in [0.25, 0.3) is 0 Å². The number of carbonyl (C=O) groups is 2. The molecule has 0 spiro atoms. The molecular weight excluding hydrogens is 200 g/mol. The smallest absolute Gasteiger partial charge is 0.320 e. The Morgan fingerprint density at radius 3 is 2.73 bits per heavy atom. The highest BCUT2D eigenvalue weighted by Gasteiger charge is 2.14. The Kier molecular flexibility index (Phi) is 3.55. The summed E-state index contributed by atoms with van der Waals surface area (Å²) < 4.78 is 0. The molecule has 7 nitrogen and oxygen atoms in total. The summed E-state index contributed by atoms with van der Waals surface area (Å²) in [5, 5.41) is 8.48. The van der Waals surface area contributed by atoms with Crippen molar-refractivity contribution < 1.29 is 14.7 Å². The number of carbonyl (C=O) groups excluding carboxylic acids is 1. The molecule has 0 bridgehead atoms. The molecule has 3 N–H and O–H groups in total. The van der Waals surface area contributed by atoms with Crippen molar-refractivity contribution >= 4 is 17.8 Å². The first-order valence-electron chi connectivity index (χ1n) is 4.16. The van der Waals surface area contributed by atoms with Gasteiger partial charge in [-0.3, -0.25) is 9.69 Å². The van der Waals surface area contributed by atoms with E-state index >= 15 is 0 Å². The molecule has 0 unspecified atom stereocenters. The molecular formula is C8H10N4O3. The topological polar surface area (TPSA) is 109 Å². The minimum Gasteiger partial charge on any atom is -0.481 e. The van der Waals surface area contributed by atoms with E-state index in [1.54, 1.807) is 0 Å². The van der Waals surface area contributed by atoms with Gasteiger partial charge in [-0.2, -0.15) is 0 Å². The predicted molar refractivity (Wildman–Crippen MR) is 51.2 cm³/mol. The van der Waals surface area contributed by atoms with Crippen molar-refractivity contribution in [3.05, 3.63) is 18.6 Å². The number of primary amides is 1. The van der Waals surface area contributed by atoms with E-state index in [2.05, 4.69) is 9.97 Å². The standard InChI is InChI=1S/C8H10N4O3/c9-8(15)12(4-2-7(13)14)6-1-3-10-5-11-6/h1,3,5H,2,4H2,(H2,9,15)(H,13,14). The van der Waals surface area contributed by atoms with Gasteiger partial charge < -0.3 is 10.8 Å². The third-order valence-electron chi connectivity index (χ3n) is 1.66. The molecule has 1 aromatic heterocycles. The molecule has 1 rings (SSSR count). The Hall–Kier alpha value is -2.18. The number of carboxylic acids is 1.